The molecule has 0 bridgehead atoms. The minimum atomic E-state index is -1.06. The number of carbonyl (C=O) groups excluding carboxylic acids is 1. The summed E-state index contributed by atoms with van der Waals surface area (Å²) in [6.45, 7) is 0.258. The molecule has 96 valence electrons. The fraction of sp³-hybridized carbons (Fsp3) is 0.333. The number of nitrogens with zero attached hydrogens (tertiary/aromatic N) is 1. The molecule has 0 radical (unpaired) electrons. The van der Waals surface area contributed by atoms with Gasteiger partial charge in [-0.1, -0.05) is 0 Å². The Hall–Kier alpha value is -1.98. The van der Waals surface area contributed by atoms with Gasteiger partial charge in [0.15, 0.2) is 11.6 Å². The highest BCUT2D eigenvalue weighted by molar-refractivity contribution is 5.96. The fourth-order valence-corrected chi connectivity index (χ4v) is 2.03. The first-order valence-electron chi connectivity index (χ1n) is 5.49. The highest BCUT2D eigenvalue weighted by Crippen LogP contribution is 2.31. The minimum Gasteiger partial charge on any atom is -0.481 e. The molecular formula is C12H11F2NO3. The lowest BCUT2D eigenvalue weighted by Gasteiger charge is -2.16. The fourth-order valence-electron chi connectivity index (χ4n) is 2.03. The Kier molecular flexibility index (Phi) is 3.27. The van der Waals surface area contributed by atoms with Gasteiger partial charge in [0.25, 0.3) is 0 Å². The molecule has 0 saturated heterocycles. The van der Waals surface area contributed by atoms with Crippen LogP contribution in [-0.2, 0) is 16.0 Å². The van der Waals surface area contributed by atoms with Crippen LogP contribution in [0.5, 0.6) is 0 Å². The minimum absolute atomic E-state index is 0.145. The first kappa shape index (κ1) is 12.5. The molecule has 0 fully saturated rings. The second-order valence-electron chi connectivity index (χ2n) is 4.05. The molecule has 1 aliphatic rings. The van der Waals surface area contributed by atoms with E-state index in [4.69, 9.17) is 5.11 Å². The summed E-state index contributed by atoms with van der Waals surface area (Å²) >= 11 is 0. The van der Waals surface area contributed by atoms with Crippen LogP contribution in [0.25, 0.3) is 0 Å². The summed E-state index contributed by atoms with van der Waals surface area (Å²) in [5.74, 6) is -3.31. The molecule has 1 aliphatic heterocycles. The van der Waals surface area contributed by atoms with Gasteiger partial charge in [-0.2, -0.15) is 0 Å². The molecule has 0 saturated carbocycles. The van der Waals surface area contributed by atoms with Gasteiger partial charge in [-0.05, 0) is 18.6 Å². The van der Waals surface area contributed by atoms with Gasteiger partial charge in [-0.15, -0.1) is 0 Å². The maximum Gasteiger partial charge on any atom is 0.303 e. The lowest BCUT2D eigenvalue weighted by atomic mass is 10.1. The molecule has 0 aliphatic carbocycles. The maximum atomic E-state index is 13.4. The smallest absolute Gasteiger partial charge is 0.303 e. The molecular weight excluding hydrogens is 244 g/mol. The Morgan fingerprint density at radius 1 is 1.28 bits per heavy atom. The maximum absolute atomic E-state index is 13.4. The molecule has 18 heavy (non-hydrogen) atoms. The molecule has 0 unspecified atom stereocenters. The summed E-state index contributed by atoms with van der Waals surface area (Å²) in [5.41, 5.74) is 0.517. The zero-order chi connectivity index (χ0) is 13.3. The predicted molar refractivity (Wildman–Crippen MR) is 59.3 cm³/mol. The third-order valence-corrected chi connectivity index (χ3v) is 2.90. The van der Waals surface area contributed by atoms with Gasteiger partial charge in [0.05, 0.1) is 12.1 Å². The van der Waals surface area contributed by atoms with Crippen LogP contribution in [0.15, 0.2) is 12.1 Å². The number of carboxylic acid groups (broad SMARTS) is 1. The van der Waals surface area contributed by atoms with Crippen LogP contribution in [-0.4, -0.2) is 23.5 Å². The number of fused-ring (bicyclic) bond motifs is 1. The lowest BCUT2D eigenvalue weighted by Crippen LogP contribution is -2.29. The zero-order valence-electron chi connectivity index (χ0n) is 9.45. The molecule has 1 heterocycles. The summed E-state index contributed by atoms with van der Waals surface area (Å²) in [6.07, 6.45) is -0.167. The van der Waals surface area contributed by atoms with Crippen molar-refractivity contribution in [2.75, 3.05) is 11.4 Å². The average molecular weight is 255 g/mol. The van der Waals surface area contributed by atoms with E-state index in [2.05, 4.69) is 0 Å². The summed E-state index contributed by atoms with van der Waals surface area (Å²) in [6, 6.07) is 2.32. The van der Waals surface area contributed by atoms with Gasteiger partial charge >= 0.3 is 5.97 Å². The molecule has 1 N–H and O–H groups in total. The van der Waals surface area contributed by atoms with E-state index >= 15 is 0 Å². The second kappa shape index (κ2) is 4.72. The zero-order valence-corrected chi connectivity index (χ0v) is 9.45. The van der Waals surface area contributed by atoms with Gasteiger partial charge < -0.3 is 10.0 Å². The number of hydrogen-bond acceptors (Lipinski definition) is 2. The van der Waals surface area contributed by atoms with E-state index in [9.17, 15) is 18.4 Å². The van der Waals surface area contributed by atoms with E-state index in [1.54, 1.807) is 0 Å². The van der Waals surface area contributed by atoms with Crippen LogP contribution < -0.4 is 4.90 Å². The van der Waals surface area contributed by atoms with Crippen LogP contribution in [0.3, 0.4) is 0 Å². The Morgan fingerprint density at radius 3 is 2.67 bits per heavy atom. The largest absolute Gasteiger partial charge is 0.481 e. The van der Waals surface area contributed by atoms with Crippen LogP contribution >= 0.6 is 0 Å². The van der Waals surface area contributed by atoms with Crippen molar-refractivity contribution < 1.29 is 23.5 Å². The van der Waals surface area contributed by atoms with Crippen molar-refractivity contribution in [3.63, 3.8) is 0 Å². The van der Waals surface area contributed by atoms with E-state index in [1.165, 1.54) is 11.0 Å². The Balaban J connectivity index is 2.19. The second-order valence-corrected chi connectivity index (χ2v) is 4.05. The number of carboxylic acids is 1. The summed E-state index contributed by atoms with van der Waals surface area (Å²) in [5, 5.41) is 8.50. The third kappa shape index (κ3) is 2.18. The standard InChI is InChI=1S/C12H11F2NO3/c13-8-1-2-9-7(12(8)14)5-6-15(9)10(16)3-4-11(17)18/h1-2H,3-6H2,(H,17,18). The first-order valence-corrected chi connectivity index (χ1v) is 5.49. The summed E-state index contributed by atoms with van der Waals surface area (Å²) in [7, 11) is 0. The Bertz CT molecular complexity index is 516. The van der Waals surface area contributed by atoms with E-state index in [1.807, 2.05) is 0 Å². The van der Waals surface area contributed by atoms with Crippen LogP contribution in [0, 0.1) is 11.6 Å². The van der Waals surface area contributed by atoms with Crippen LogP contribution in [0.4, 0.5) is 14.5 Å². The van der Waals surface area contributed by atoms with Gasteiger partial charge in [0.1, 0.15) is 0 Å². The van der Waals surface area contributed by atoms with Crippen LogP contribution in [0.2, 0.25) is 0 Å². The van der Waals surface area contributed by atoms with Crippen molar-refractivity contribution in [3.8, 4) is 0 Å². The first-order chi connectivity index (χ1) is 8.50. The molecule has 1 aromatic carbocycles. The van der Waals surface area contributed by atoms with Gasteiger partial charge in [-0.3, -0.25) is 9.59 Å². The molecule has 1 amide bonds. The van der Waals surface area contributed by atoms with E-state index < -0.39 is 17.6 Å². The highest BCUT2D eigenvalue weighted by Gasteiger charge is 2.28. The predicted octanol–water partition coefficient (Wildman–Crippen LogP) is 1.72. The van der Waals surface area contributed by atoms with E-state index in [-0.39, 0.29) is 37.3 Å². The highest BCUT2D eigenvalue weighted by atomic mass is 19.2. The molecule has 4 nitrogen and oxygen atoms in total. The number of amides is 1. The van der Waals surface area contributed by atoms with Crippen molar-refractivity contribution in [2.24, 2.45) is 0 Å². The average Bonchev–Trinajstić information content (AvgIpc) is 2.75. The molecule has 0 atom stereocenters. The van der Waals surface area contributed by atoms with Crippen molar-refractivity contribution in [1.82, 2.24) is 0 Å². The van der Waals surface area contributed by atoms with E-state index in [0.29, 0.717) is 5.69 Å². The van der Waals surface area contributed by atoms with Crippen molar-refractivity contribution >= 4 is 17.6 Å². The number of rotatable bonds is 3. The van der Waals surface area contributed by atoms with Gasteiger partial charge in [0, 0.05) is 18.5 Å². The quantitative estimate of drug-likeness (QED) is 0.894. The summed E-state index contributed by atoms with van der Waals surface area (Å²) in [4.78, 5) is 23.4. The number of carbonyl (C=O) groups is 2. The van der Waals surface area contributed by atoms with Gasteiger partial charge in [-0.25, -0.2) is 8.78 Å². The molecule has 2 rings (SSSR count). The number of hydrogen-bond donors (Lipinski definition) is 1. The number of aliphatic carboxylic acids is 1. The number of halogens is 2. The van der Waals surface area contributed by atoms with Crippen molar-refractivity contribution in [2.45, 2.75) is 19.3 Å². The topological polar surface area (TPSA) is 57.6 Å². The van der Waals surface area contributed by atoms with Crippen LogP contribution in [0.1, 0.15) is 18.4 Å². The molecule has 1 aromatic rings. The molecule has 6 heteroatoms. The third-order valence-electron chi connectivity index (χ3n) is 2.90. The van der Waals surface area contributed by atoms with Gasteiger partial charge in [0.2, 0.25) is 5.91 Å². The Labute approximate surface area is 102 Å². The lowest BCUT2D eigenvalue weighted by molar-refractivity contribution is -0.138. The monoisotopic (exact) mass is 255 g/mol. The van der Waals surface area contributed by atoms with Crippen molar-refractivity contribution in [1.29, 1.82) is 0 Å². The number of anilines is 1. The summed E-state index contributed by atoms with van der Waals surface area (Å²) < 4.78 is 26.4. The molecule has 0 aromatic heterocycles. The molecule has 0 spiro atoms. The normalized spacial score (nSPS) is 13.6. The van der Waals surface area contributed by atoms with E-state index in [0.717, 1.165) is 6.07 Å². The SMILES string of the molecule is O=C(O)CCC(=O)N1CCc2c1ccc(F)c2F. The Morgan fingerprint density at radius 2 is 2.00 bits per heavy atom. The van der Waals surface area contributed by atoms with Crippen molar-refractivity contribution in [3.05, 3.63) is 29.3 Å². The number of benzene rings is 1.